The van der Waals surface area contributed by atoms with Gasteiger partial charge in [-0.2, -0.15) is 0 Å². The van der Waals surface area contributed by atoms with Crippen LogP contribution in [0.3, 0.4) is 0 Å². The lowest BCUT2D eigenvalue weighted by molar-refractivity contribution is 0.0858. The van der Waals surface area contributed by atoms with Crippen LogP contribution in [0.25, 0.3) is 21.8 Å². The number of fused-ring (bicyclic) bond motifs is 2. The first-order chi connectivity index (χ1) is 14.2. The second-order valence-electron chi connectivity index (χ2n) is 8.19. The third-order valence-electron chi connectivity index (χ3n) is 6.26. The minimum absolute atomic E-state index is 0.228. The molecule has 1 atom stereocenters. The number of benzene rings is 2. The number of aromatic nitrogens is 2. The maximum atomic E-state index is 13.4. The smallest absolute Gasteiger partial charge is 0.123 e. The van der Waals surface area contributed by atoms with E-state index in [2.05, 4.69) is 40.3 Å². The third-order valence-corrected chi connectivity index (χ3v) is 6.26. The summed E-state index contributed by atoms with van der Waals surface area (Å²) in [6.45, 7) is 3.19. The van der Waals surface area contributed by atoms with Gasteiger partial charge in [0.05, 0.1) is 6.10 Å². The molecule has 0 radical (unpaired) electrons. The van der Waals surface area contributed by atoms with Gasteiger partial charge < -0.3 is 19.6 Å². The summed E-state index contributed by atoms with van der Waals surface area (Å²) in [6.07, 6.45) is 5.87. The first-order valence-electron chi connectivity index (χ1n) is 10.4. The molecule has 1 aliphatic heterocycles. The van der Waals surface area contributed by atoms with Crippen molar-refractivity contribution in [1.29, 1.82) is 0 Å². The van der Waals surface area contributed by atoms with Crippen molar-refractivity contribution in [1.82, 2.24) is 14.5 Å². The summed E-state index contributed by atoms with van der Waals surface area (Å²) in [5, 5.41) is 12.8. The first-order valence-corrected chi connectivity index (χ1v) is 10.4. The Labute approximate surface area is 169 Å². The van der Waals surface area contributed by atoms with Crippen molar-refractivity contribution in [2.24, 2.45) is 0 Å². The molecule has 0 bridgehead atoms. The van der Waals surface area contributed by atoms with E-state index < -0.39 is 6.10 Å². The molecule has 2 N–H and O–H groups in total. The number of hydrogen-bond acceptors (Lipinski definition) is 2. The van der Waals surface area contributed by atoms with Gasteiger partial charge in [0.15, 0.2) is 0 Å². The Hall–Kier alpha value is -2.63. The Morgan fingerprint density at radius 1 is 1.07 bits per heavy atom. The predicted octanol–water partition coefficient (Wildman–Crippen LogP) is 4.50. The van der Waals surface area contributed by atoms with Crippen LogP contribution < -0.4 is 0 Å². The molecule has 1 aliphatic rings. The predicted molar refractivity (Wildman–Crippen MR) is 115 cm³/mol. The summed E-state index contributed by atoms with van der Waals surface area (Å²) in [5.41, 5.74) is 3.59. The zero-order valence-electron chi connectivity index (χ0n) is 16.4. The fourth-order valence-corrected chi connectivity index (χ4v) is 4.77. The van der Waals surface area contributed by atoms with Gasteiger partial charge in [0, 0.05) is 47.3 Å². The maximum Gasteiger partial charge on any atom is 0.123 e. The van der Waals surface area contributed by atoms with Crippen LogP contribution in [-0.2, 0) is 6.54 Å². The Balaban J connectivity index is 1.19. The third kappa shape index (κ3) is 3.68. The molecule has 0 aliphatic carbocycles. The van der Waals surface area contributed by atoms with Crippen molar-refractivity contribution < 1.29 is 9.50 Å². The number of para-hydroxylation sites is 1. The number of likely N-dealkylation sites (tertiary alicyclic amines) is 1. The van der Waals surface area contributed by atoms with Crippen LogP contribution in [0.15, 0.2) is 60.9 Å². The van der Waals surface area contributed by atoms with E-state index in [0.29, 0.717) is 19.0 Å². The van der Waals surface area contributed by atoms with Crippen LogP contribution >= 0.6 is 0 Å². The molecular weight excluding hydrogens is 365 g/mol. The van der Waals surface area contributed by atoms with Gasteiger partial charge in [-0.1, -0.05) is 18.2 Å². The van der Waals surface area contributed by atoms with Gasteiger partial charge in [0.25, 0.3) is 0 Å². The van der Waals surface area contributed by atoms with Crippen LogP contribution in [0.4, 0.5) is 4.39 Å². The average molecular weight is 391 g/mol. The van der Waals surface area contributed by atoms with E-state index in [1.807, 2.05) is 16.8 Å². The lowest BCUT2D eigenvalue weighted by Crippen LogP contribution is -2.39. The maximum absolute atomic E-state index is 13.4. The quantitative estimate of drug-likeness (QED) is 0.526. The van der Waals surface area contributed by atoms with E-state index in [-0.39, 0.29) is 5.82 Å². The van der Waals surface area contributed by atoms with Crippen molar-refractivity contribution in [3.8, 4) is 0 Å². The standard InChI is InChI=1S/C24H26FN3O/c25-19-5-6-24-18(13-19)9-12-28(24)16-20(29)15-27-10-7-17(8-11-27)22-14-26-23-4-2-1-3-21(22)23/h1-6,9,12-14,17,20,26,29H,7-8,10-11,15-16H2. The van der Waals surface area contributed by atoms with Gasteiger partial charge in [-0.25, -0.2) is 4.39 Å². The Kier molecular flexibility index (Phi) is 4.86. The molecule has 2 aromatic heterocycles. The molecular formula is C24H26FN3O. The van der Waals surface area contributed by atoms with Crippen LogP contribution in [0.5, 0.6) is 0 Å². The van der Waals surface area contributed by atoms with Crippen LogP contribution in [0.1, 0.15) is 24.3 Å². The minimum atomic E-state index is -0.444. The molecule has 5 heteroatoms. The van der Waals surface area contributed by atoms with Gasteiger partial charge in [0.1, 0.15) is 5.82 Å². The highest BCUT2D eigenvalue weighted by molar-refractivity contribution is 5.83. The molecule has 4 aromatic rings. The first kappa shape index (κ1) is 18.4. The summed E-state index contributed by atoms with van der Waals surface area (Å²) in [6, 6.07) is 15.2. The minimum Gasteiger partial charge on any atom is -0.390 e. The molecule has 1 unspecified atom stereocenters. The largest absolute Gasteiger partial charge is 0.390 e. The number of rotatable bonds is 5. The number of nitrogens with zero attached hydrogens (tertiary/aromatic N) is 2. The highest BCUT2D eigenvalue weighted by atomic mass is 19.1. The van der Waals surface area contributed by atoms with Crippen LogP contribution in [-0.4, -0.2) is 45.3 Å². The number of β-amino-alcohol motifs (C(OH)–C–C–N with tert-alkyl or cyclic N) is 1. The second-order valence-corrected chi connectivity index (χ2v) is 8.19. The van der Waals surface area contributed by atoms with Crippen LogP contribution in [0.2, 0.25) is 0 Å². The number of aromatic amines is 1. The van der Waals surface area contributed by atoms with Gasteiger partial charge in [-0.05, 0) is 67.7 Å². The Morgan fingerprint density at radius 3 is 2.76 bits per heavy atom. The molecule has 0 spiro atoms. The van der Waals surface area contributed by atoms with Gasteiger partial charge in [-0.3, -0.25) is 0 Å². The highest BCUT2D eigenvalue weighted by Crippen LogP contribution is 2.33. The SMILES string of the molecule is OC(CN1CCC(c2c[nH]c3ccccc23)CC1)Cn1ccc2cc(F)ccc21. The number of aliphatic hydroxyl groups is 1. The summed E-state index contributed by atoms with van der Waals surface area (Å²) in [5.74, 6) is 0.344. The molecule has 29 heavy (non-hydrogen) atoms. The van der Waals surface area contributed by atoms with Crippen molar-refractivity contribution in [3.05, 3.63) is 72.3 Å². The molecule has 4 nitrogen and oxygen atoms in total. The van der Waals surface area contributed by atoms with E-state index in [1.54, 1.807) is 6.07 Å². The molecule has 5 rings (SSSR count). The monoisotopic (exact) mass is 391 g/mol. The van der Waals surface area contributed by atoms with Gasteiger partial charge >= 0.3 is 0 Å². The number of aliphatic hydroxyl groups excluding tert-OH is 1. The zero-order valence-corrected chi connectivity index (χ0v) is 16.4. The van der Waals surface area contributed by atoms with E-state index >= 15 is 0 Å². The molecule has 150 valence electrons. The lowest BCUT2D eigenvalue weighted by Gasteiger charge is -2.33. The van der Waals surface area contributed by atoms with Crippen molar-refractivity contribution in [2.75, 3.05) is 19.6 Å². The van der Waals surface area contributed by atoms with Crippen LogP contribution in [0, 0.1) is 5.82 Å². The average Bonchev–Trinajstić information content (AvgIpc) is 3.33. The van der Waals surface area contributed by atoms with E-state index in [4.69, 9.17) is 0 Å². The summed E-state index contributed by atoms with van der Waals surface area (Å²) < 4.78 is 15.4. The summed E-state index contributed by atoms with van der Waals surface area (Å²) in [7, 11) is 0. The topological polar surface area (TPSA) is 44.2 Å². The molecule has 0 saturated carbocycles. The Bertz CT molecular complexity index is 1120. The number of halogens is 1. The molecule has 1 fully saturated rings. The number of H-pyrrole nitrogens is 1. The summed E-state index contributed by atoms with van der Waals surface area (Å²) in [4.78, 5) is 5.75. The van der Waals surface area contributed by atoms with E-state index in [0.717, 1.165) is 36.8 Å². The number of hydrogen-bond donors (Lipinski definition) is 2. The molecule has 3 heterocycles. The molecule has 2 aromatic carbocycles. The van der Waals surface area contributed by atoms with E-state index in [9.17, 15) is 9.50 Å². The second kappa shape index (κ2) is 7.65. The Morgan fingerprint density at radius 2 is 1.90 bits per heavy atom. The fourth-order valence-electron chi connectivity index (χ4n) is 4.77. The zero-order chi connectivity index (χ0) is 19.8. The van der Waals surface area contributed by atoms with Crippen molar-refractivity contribution in [3.63, 3.8) is 0 Å². The fraction of sp³-hybridized carbons (Fsp3) is 0.333. The highest BCUT2D eigenvalue weighted by Gasteiger charge is 2.24. The molecule has 0 amide bonds. The number of nitrogens with one attached hydrogen (secondary N) is 1. The van der Waals surface area contributed by atoms with Crippen molar-refractivity contribution >= 4 is 21.8 Å². The lowest BCUT2D eigenvalue weighted by atomic mass is 9.89. The normalized spacial score (nSPS) is 17.3. The van der Waals surface area contributed by atoms with Crippen molar-refractivity contribution in [2.45, 2.75) is 31.4 Å². The number of piperidine rings is 1. The van der Waals surface area contributed by atoms with E-state index in [1.165, 1.54) is 28.6 Å². The molecule has 1 saturated heterocycles. The van der Waals surface area contributed by atoms with Gasteiger partial charge in [-0.15, -0.1) is 0 Å². The summed E-state index contributed by atoms with van der Waals surface area (Å²) >= 11 is 0. The van der Waals surface area contributed by atoms with Gasteiger partial charge in [0.2, 0.25) is 0 Å².